The van der Waals surface area contributed by atoms with E-state index in [1.54, 1.807) is 11.3 Å². The molecule has 2 nitrogen and oxygen atoms in total. The Labute approximate surface area is 103 Å². The summed E-state index contributed by atoms with van der Waals surface area (Å²) in [6.45, 7) is 11.3. The molecule has 1 atom stereocenters. The van der Waals surface area contributed by atoms with E-state index >= 15 is 0 Å². The lowest BCUT2D eigenvalue weighted by Gasteiger charge is -2.21. The normalized spacial score (nSPS) is 13.6. The van der Waals surface area contributed by atoms with Crippen molar-refractivity contribution in [1.82, 2.24) is 10.3 Å². The Hall–Kier alpha value is -0.410. The molecule has 1 unspecified atom stereocenters. The highest BCUT2D eigenvalue weighted by Crippen LogP contribution is 2.16. The van der Waals surface area contributed by atoms with Crippen molar-refractivity contribution in [2.45, 2.75) is 34.1 Å². The van der Waals surface area contributed by atoms with Gasteiger partial charge in [-0.1, -0.05) is 27.7 Å². The van der Waals surface area contributed by atoms with Crippen molar-refractivity contribution in [2.75, 3.05) is 13.1 Å². The van der Waals surface area contributed by atoms with Crippen LogP contribution in [0.2, 0.25) is 0 Å². The SMILES string of the molecule is CC(C)CNCC(Cc1cscn1)C(C)C. The van der Waals surface area contributed by atoms with E-state index in [0.29, 0.717) is 11.8 Å². The fraction of sp³-hybridized carbons (Fsp3) is 0.769. The van der Waals surface area contributed by atoms with E-state index in [-0.39, 0.29) is 0 Å². The number of hydrogen-bond donors (Lipinski definition) is 1. The number of nitrogens with one attached hydrogen (secondary N) is 1. The first-order chi connectivity index (χ1) is 7.59. The third-order valence-corrected chi connectivity index (χ3v) is 3.49. The fourth-order valence-corrected chi connectivity index (χ4v) is 2.28. The molecular weight excluding hydrogens is 216 g/mol. The van der Waals surface area contributed by atoms with Gasteiger partial charge in [0.1, 0.15) is 0 Å². The minimum atomic E-state index is 0.695. The van der Waals surface area contributed by atoms with E-state index in [1.165, 1.54) is 5.69 Å². The van der Waals surface area contributed by atoms with E-state index in [4.69, 9.17) is 0 Å². The Kier molecular flexibility index (Phi) is 5.99. The van der Waals surface area contributed by atoms with Crippen molar-refractivity contribution >= 4 is 11.3 Å². The van der Waals surface area contributed by atoms with Crippen LogP contribution >= 0.6 is 11.3 Å². The van der Waals surface area contributed by atoms with Crippen LogP contribution in [0.1, 0.15) is 33.4 Å². The Morgan fingerprint density at radius 1 is 1.25 bits per heavy atom. The molecule has 1 heterocycles. The van der Waals surface area contributed by atoms with Gasteiger partial charge in [-0.3, -0.25) is 0 Å². The standard InChI is InChI=1S/C13H24N2S/c1-10(2)6-14-7-12(11(3)4)5-13-8-16-9-15-13/h8-12,14H,5-7H2,1-4H3. The van der Waals surface area contributed by atoms with Crippen molar-refractivity contribution in [3.63, 3.8) is 0 Å². The van der Waals surface area contributed by atoms with Crippen LogP contribution in [0, 0.1) is 17.8 Å². The minimum absolute atomic E-state index is 0.695. The molecule has 0 aromatic carbocycles. The summed E-state index contributed by atoms with van der Waals surface area (Å²) in [5, 5.41) is 5.72. The van der Waals surface area contributed by atoms with Gasteiger partial charge in [0.2, 0.25) is 0 Å². The van der Waals surface area contributed by atoms with Crippen LogP contribution in [-0.2, 0) is 6.42 Å². The van der Waals surface area contributed by atoms with Gasteiger partial charge in [-0.25, -0.2) is 4.98 Å². The van der Waals surface area contributed by atoms with Gasteiger partial charge in [0, 0.05) is 5.38 Å². The number of aromatic nitrogens is 1. The summed E-state index contributed by atoms with van der Waals surface area (Å²) in [6.07, 6.45) is 1.10. The molecule has 0 saturated carbocycles. The highest BCUT2D eigenvalue weighted by Gasteiger charge is 2.14. The molecule has 0 aliphatic heterocycles. The summed E-state index contributed by atoms with van der Waals surface area (Å²) < 4.78 is 0. The fourth-order valence-electron chi connectivity index (χ4n) is 1.71. The van der Waals surface area contributed by atoms with Gasteiger partial charge in [0.15, 0.2) is 0 Å². The van der Waals surface area contributed by atoms with Gasteiger partial charge in [-0.2, -0.15) is 0 Å². The summed E-state index contributed by atoms with van der Waals surface area (Å²) in [7, 11) is 0. The van der Waals surface area contributed by atoms with Gasteiger partial charge < -0.3 is 5.32 Å². The molecule has 3 heteroatoms. The minimum Gasteiger partial charge on any atom is -0.316 e. The topological polar surface area (TPSA) is 24.9 Å². The van der Waals surface area contributed by atoms with E-state index in [2.05, 4.69) is 43.4 Å². The summed E-state index contributed by atoms with van der Waals surface area (Å²) in [5.74, 6) is 2.13. The third kappa shape index (κ3) is 5.08. The number of hydrogen-bond acceptors (Lipinski definition) is 3. The van der Waals surface area contributed by atoms with Crippen LogP contribution in [0.25, 0.3) is 0 Å². The van der Waals surface area contributed by atoms with Gasteiger partial charge in [0.25, 0.3) is 0 Å². The molecule has 1 aromatic rings. The largest absolute Gasteiger partial charge is 0.316 e. The average molecular weight is 240 g/mol. The van der Waals surface area contributed by atoms with E-state index in [1.807, 2.05) is 5.51 Å². The summed E-state index contributed by atoms with van der Waals surface area (Å²) >= 11 is 1.69. The first-order valence-electron chi connectivity index (χ1n) is 6.17. The highest BCUT2D eigenvalue weighted by molar-refractivity contribution is 7.07. The van der Waals surface area contributed by atoms with E-state index in [9.17, 15) is 0 Å². The molecule has 0 aliphatic carbocycles. The molecule has 0 fully saturated rings. The van der Waals surface area contributed by atoms with Crippen molar-refractivity contribution in [3.8, 4) is 0 Å². The summed E-state index contributed by atoms with van der Waals surface area (Å²) in [4.78, 5) is 4.37. The van der Waals surface area contributed by atoms with Crippen LogP contribution in [0.5, 0.6) is 0 Å². The zero-order valence-corrected chi connectivity index (χ0v) is 11.7. The lowest BCUT2D eigenvalue weighted by atomic mass is 9.91. The zero-order valence-electron chi connectivity index (χ0n) is 10.9. The Bertz CT molecular complexity index is 267. The van der Waals surface area contributed by atoms with Crippen LogP contribution in [0.3, 0.4) is 0 Å². The molecule has 0 spiro atoms. The smallest absolute Gasteiger partial charge is 0.0794 e. The van der Waals surface area contributed by atoms with E-state index < -0.39 is 0 Å². The Morgan fingerprint density at radius 3 is 2.50 bits per heavy atom. The molecular formula is C13H24N2S. The van der Waals surface area contributed by atoms with Gasteiger partial charge in [-0.15, -0.1) is 11.3 Å². The van der Waals surface area contributed by atoms with E-state index in [0.717, 1.165) is 25.4 Å². The van der Waals surface area contributed by atoms with Crippen molar-refractivity contribution in [1.29, 1.82) is 0 Å². The monoisotopic (exact) mass is 240 g/mol. The molecule has 0 bridgehead atoms. The van der Waals surface area contributed by atoms with Crippen molar-refractivity contribution in [3.05, 3.63) is 16.6 Å². The van der Waals surface area contributed by atoms with Crippen LogP contribution in [0.4, 0.5) is 0 Å². The lowest BCUT2D eigenvalue weighted by Crippen LogP contribution is -2.30. The zero-order chi connectivity index (χ0) is 12.0. The molecule has 0 saturated heterocycles. The summed E-state index contributed by atoms with van der Waals surface area (Å²) in [6, 6.07) is 0. The lowest BCUT2D eigenvalue weighted by molar-refractivity contribution is 0.350. The van der Waals surface area contributed by atoms with Gasteiger partial charge in [-0.05, 0) is 37.3 Å². The van der Waals surface area contributed by atoms with Crippen LogP contribution in [-0.4, -0.2) is 18.1 Å². The second kappa shape index (κ2) is 7.02. The average Bonchev–Trinajstić information content (AvgIpc) is 2.68. The number of nitrogens with zero attached hydrogens (tertiary/aromatic N) is 1. The number of thiazole rings is 1. The molecule has 0 aliphatic rings. The molecule has 1 N–H and O–H groups in total. The first kappa shape index (κ1) is 13.7. The second-order valence-corrected chi connectivity index (χ2v) is 5.96. The van der Waals surface area contributed by atoms with Crippen molar-refractivity contribution < 1.29 is 0 Å². The summed E-state index contributed by atoms with van der Waals surface area (Å²) in [5.41, 5.74) is 3.17. The van der Waals surface area contributed by atoms with Crippen LogP contribution in [0.15, 0.2) is 10.9 Å². The molecule has 1 rings (SSSR count). The first-order valence-corrected chi connectivity index (χ1v) is 7.11. The van der Waals surface area contributed by atoms with Crippen LogP contribution < -0.4 is 5.32 Å². The Balaban J connectivity index is 2.36. The molecule has 0 radical (unpaired) electrons. The van der Waals surface area contributed by atoms with Gasteiger partial charge >= 0.3 is 0 Å². The predicted molar refractivity (Wildman–Crippen MR) is 71.9 cm³/mol. The third-order valence-electron chi connectivity index (χ3n) is 2.86. The maximum Gasteiger partial charge on any atom is 0.0794 e. The molecule has 92 valence electrons. The maximum absolute atomic E-state index is 4.37. The Morgan fingerprint density at radius 2 is 2.00 bits per heavy atom. The molecule has 1 aromatic heterocycles. The maximum atomic E-state index is 4.37. The quantitative estimate of drug-likeness (QED) is 0.791. The molecule has 0 amide bonds. The highest BCUT2D eigenvalue weighted by atomic mass is 32.1. The second-order valence-electron chi connectivity index (χ2n) is 5.24. The molecule has 16 heavy (non-hydrogen) atoms. The predicted octanol–water partition coefficient (Wildman–Crippen LogP) is 3.20. The van der Waals surface area contributed by atoms with Crippen molar-refractivity contribution in [2.24, 2.45) is 17.8 Å². The number of rotatable bonds is 7. The van der Waals surface area contributed by atoms with Gasteiger partial charge in [0.05, 0.1) is 11.2 Å².